The Morgan fingerprint density at radius 2 is 1.79 bits per heavy atom. The first-order valence-corrected chi connectivity index (χ1v) is 9.91. The summed E-state index contributed by atoms with van der Waals surface area (Å²) < 4.78 is 6.67. The van der Waals surface area contributed by atoms with Gasteiger partial charge in [0.1, 0.15) is 0 Å². The number of halogens is 1. The molecule has 0 saturated carbocycles. The Labute approximate surface area is 160 Å². The van der Waals surface area contributed by atoms with E-state index in [0.717, 1.165) is 36.2 Å². The molecule has 24 heavy (non-hydrogen) atoms. The van der Waals surface area contributed by atoms with Crippen LogP contribution in [0.15, 0.2) is 62.8 Å². The number of benzene rings is 2. The maximum atomic E-state index is 5.58. The van der Waals surface area contributed by atoms with E-state index < -0.39 is 0 Å². The van der Waals surface area contributed by atoms with Crippen molar-refractivity contribution >= 4 is 50.7 Å². The lowest BCUT2D eigenvalue weighted by atomic mass is 10.2. The van der Waals surface area contributed by atoms with Gasteiger partial charge in [0, 0.05) is 33.1 Å². The molecule has 3 nitrogen and oxygen atoms in total. The lowest BCUT2D eigenvalue weighted by Crippen LogP contribution is -2.34. The van der Waals surface area contributed by atoms with E-state index in [-0.39, 0.29) is 6.10 Å². The summed E-state index contributed by atoms with van der Waals surface area (Å²) in [4.78, 5) is 2.41. The van der Waals surface area contributed by atoms with E-state index in [4.69, 9.17) is 17.0 Å². The summed E-state index contributed by atoms with van der Waals surface area (Å²) >= 11 is 10.5. The second-order valence-electron chi connectivity index (χ2n) is 5.55. The molecule has 0 spiro atoms. The zero-order valence-electron chi connectivity index (χ0n) is 13.1. The third kappa shape index (κ3) is 5.48. The second-order valence-corrected chi connectivity index (χ2v) is 8.02. The van der Waals surface area contributed by atoms with Gasteiger partial charge in [0.05, 0.1) is 6.10 Å². The highest BCUT2D eigenvalue weighted by Gasteiger charge is 2.15. The number of hydrogen-bond acceptors (Lipinski definition) is 3. The van der Waals surface area contributed by atoms with E-state index in [0.29, 0.717) is 5.11 Å². The van der Waals surface area contributed by atoms with Crippen molar-refractivity contribution in [2.24, 2.45) is 0 Å². The van der Waals surface area contributed by atoms with Gasteiger partial charge in [-0.25, -0.2) is 0 Å². The number of hydrogen-bond donors (Lipinski definition) is 2. The third-order valence-corrected chi connectivity index (χ3v) is 5.47. The molecule has 2 aromatic carbocycles. The monoisotopic (exact) mass is 422 g/mol. The molecule has 0 bridgehead atoms. The van der Waals surface area contributed by atoms with Crippen molar-refractivity contribution in [3.63, 3.8) is 0 Å². The van der Waals surface area contributed by atoms with E-state index in [9.17, 15) is 0 Å². The van der Waals surface area contributed by atoms with Crippen LogP contribution in [0.4, 0.5) is 5.69 Å². The third-order valence-electron chi connectivity index (χ3n) is 3.68. The predicted octanol–water partition coefficient (Wildman–Crippen LogP) is 5.07. The number of rotatable bonds is 5. The molecule has 1 saturated heterocycles. The Morgan fingerprint density at radius 3 is 2.42 bits per heavy atom. The van der Waals surface area contributed by atoms with Crippen LogP contribution in [-0.4, -0.2) is 24.4 Å². The van der Waals surface area contributed by atoms with Crippen LogP contribution in [-0.2, 0) is 4.74 Å². The van der Waals surface area contributed by atoms with Crippen molar-refractivity contribution < 1.29 is 4.74 Å². The normalized spacial score (nSPS) is 16.8. The zero-order chi connectivity index (χ0) is 16.8. The smallest absolute Gasteiger partial charge is 0.170 e. The highest BCUT2D eigenvalue weighted by molar-refractivity contribution is 9.10. The van der Waals surface area contributed by atoms with Crippen LogP contribution in [0.5, 0.6) is 0 Å². The minimum Gasteiger partial charge on any atom is -0.376 e. The van der Waals surface area contributed by atoms with Crippen molar-refractivity contribution in [1.29, 1.82) is 0 Å². The Bertz CT molecular complexity index is 670. The number of thiocarbonyl (C=S) groups is 1. The highest BCUT2D eigenvalue weighted by Crippen LogP contribution is 2.29. The molecule has 0 aliphatic carbocycles. The second kappa shape index (κ2) is 8.85. The quantitative estimate of drug-likeness (QED) is 0.657. The van der Waals surface area contributed by atoms with E-state index in [1.54, 1.807) is 11.8 Å². The number of anilines is 1. The maximum Gasteiger partial charge on any atom is 0.170 e. The summed E-state index contributed by atoms with van der Waals surface area (Å²) in [6.07, 6.45) is 2.54. The fourth-order valence-corrected chi connectivity index (χ4v) is 3.71. The Kier molecular flexibility index (Phi) is 6.54. The highest BCUT2D eigenvalue weighted by atomic mass is 79.9. The maximum absolute atomic E-state index is 5.58. The van der Waals surface area contributed by atoms with Crippen LogP contribution in [0.1, 0.15) is 12.8 Å². The van der Waals surface area contributed by atoms with E-state index in [1.165, 1.54) is 9.79 Å². The molecule has 1 fully saturated rings. The molecule has 0 aromatic heterocycles. The molecule has 6 heteroatoms. The Hall–Kier alpha value is -1.08. The minimum absolute atomic E-state index is 0.287. The Balaban J connectivity index is 1.48. The van der Waals surface area contributed by atoms with Gasteiger partial charge in [0.2, 0.25) is 0 Å². The first-order chi connectivity index (χ1) is 11.7. The summed E-state index contributed by atoms with van der Waals surface area (Å²) in [5, 5.41) is 7.07. The zero-order valence-corrected chi connectivity index (χ0v) is 16.3. The van der Waals surface area contributed by atoms with E-state index in [1.807, 2.05) is 12.1 Å². The molecule has 0 unspecified atom stereocenters. The van der Waals surface area contributed by atoms with Gasteiger partial charge < -0.3 is 15.4 Å². The summed E-state index contributed by atoms with van der Waals surface area (Å²) in [5.74, 6) is 0. The fourth-order valence-electron chi connectivity index (χ4n) is 2.43. The summed E-state index contributed by atoms with van der Waals surface area (Å²) in [6.45, 7) is 1.63. The van der Waals surface area contributed by atoms with Crippen LogP contribution >= 0.6 is 39.9 Å². The van der Waals surface area contributed by atoms with Crippen molar-refractivity contribution in [3.05, 3.63) is 53.0 Å². The summed E-state index contributed by atoms with van der Waals surface area (Å²) in [6, 6.07) is 16.6. The molecule has 126 valence electrons. The summed E-state index contributed by atoms with van der Waals surface area (Å²) in [5.41, 5.74) is 0.986. The lowest BCUT2D eigenvalue weighted by molar-refractivity contribution is 0.114. The van der Waals surface area contributed by atoms with Gasteiger partial charge in [-0.2, -0.15) is 0 Å². The van der Waals surface area contributed by atoms with Gasteiger partial charge in [0.25, 0.3) is 0 Å². The first-order valence-electron chi connectivity index (χ1n) is 7.89. The van der Waals surface area contributed by atoms with Crippen molar-refractivity contribution in [2.45, 2.75) is 28.7 Å². The van der Waals surface area contributed by atoms with Crippen molar-refractivity contribution in [2.75, 3.05) is 18.5 Å². The number of nitrogens with one attached hydrogen (secondary N) is 2. The van der Waals surface area contributed by atoms with Gasteiger partial charge in [0.15, 0.2) is 5.11 Å². The van der Waals surface area contributed by atoms with Gasteiger partial charge >= 0.3 is 0 Å². The lowest BCUT2D eigenvalue weighted by Gasteiger charge is -2.14. The Morgan fingerprint density at radius 1 is 1.12 bits per heavy atom. The molecular weight excluding hydrogens is 404 g/mol. The molecule has 3 rings (SSSR count). The molecule has 2 N–H and O–H groups in total. The van der Waals surface area contributed by atoms with Crippen LogP contribution < -0.4 is 10.6 Å². The van der Waals surface area contributed by atoms with Crippen LogP contribution in [0.2, 0.25) is 0 Å². The standard InChI is InChI=1S/C18H19BrN2OS2/c19-13-3-7-16(8-4-13)24-17-9-5-14(6-10-17)21-18(23)20-12-15-2-1-11-22-15/h3-10,15H,1-2,11-12H2,(H2,20,21,23)/t15-/m1/s1. The fraction of sp³-hybridized carbons (Fsp3) is 0.278. The molecule has 1 heterocycles. The minimum atomic E-state index is 0.287. The summed E-state index contributed by atoms with van der Waals surface area (Å²) in [7, 11) is 0. The average Bonchev–Trinajstić information content (AvgIpc) is 3.10. The molecule has 2 aromatic rings. The van der Waals surface area contributed by atoms with Crippen LogP contribution in [0.25, 0.3) is 0 Å². The largest absolute Gasteiger partial charge is 0.376 e. The van der Waals surface area contributed by atoms with Crippen molar-refractivity contribution in [3.8, 4) is 0 Å². The topological polar surface area (TPSA) is 33.3 Å². The molecule has 1 aliphatic rings. The molecule has 0 amide bonds. The van der Waals surface area contributed by atoms with Crippen LogP contribution in [0, 0.1) is 0 Å². The molecule has 1 atom stereocenters. The molecule has 1 aliphatic heterocycles. The van der Waals surface area contributed by atoms with E-state index in [2.05, 4.69) is 63.0 Å². The SMILES string of the molecule is S=C(NC[C@H]1CCCO1)Nc1ccc(Sc2ccc(Br)cc2)cc1. The number of ether oxygens (including phenoxy) is 1. The predicted molar refractivity (Wildman–Crippen MR) is 108 cm³/mol. The molecule has 0 radical (unpaired) electrons. The van der Waals surface area contributed by atoms with Gasteiger partial charge in [-0.15, -0.1) is 0 Å². The molecular formula is C18H19BrN2OS2. The van der Waals surface area contributed by atoms with E-state index >= 15 is 0 Å². The van der Waals surface area contributed by atoms with Gasteiger partial charge in [-0.05, 0) is 73.6 Å². The average molecular weight is 423 g/mol. The van der Waals surface area contributed by atoms with Gasteiger partial charge in [-0.3, -0.25) is 0 Å². The van der Waals surface area contributed by atoms with Crippen LogP contribution in [0.3, 0.4) is 0 Å². The van der Waals surface area contributed by atoms with Gasteiger partial charge in [-0.1, -0.05) is 27.7 Å². The first kappa shape index (κ1) is 17.7. The van der Waals surface area contributed by atoms with Crippen molar-refractivity contribution in [1.82, 2.24) is 5.32 Å².